The summed E-state index contributed by atoms with van der Waals surface area (Å²) in [6.45, 7) is 4.41. The maximum Gasteiger partial charge on any atom is 0.326 e. The summed E-state index contributed by atoms with van der Waals surface area (Å²) in [5, 5.41) is 12.3. The van der Waals surface area contributed by atoms with Crippen LogP contribution in [0.2, 0.25) is 0 Å². The zero-order valence-electron chi connectivity index (χ0n) is 11.9. The number of rotatable bonds is 3. The molecule has 2 aliphatic heterocycles. The molecule has 3 rings (SSSR count). The third-order valence-corrected chi connectivity index (χ3v) is 4.82. The second kappa shape index (κ2) is 5.24. The number of carboxylic acid groups (broad SMARTS) is 1. The van der Waals surface area contributed by atoms with Crippen molar-refractivity contribution in [2.75, 3.05) is 19.6 Å². The number of aliphatic carboxylic acids is 1. The fraction of sp³-hybridized carbons (Fsp3) is 0.857. The molecule has 2 N–H and O–H groups in total. The van der Waals surface area contributed by atoms with Gasteiger partial charge in [-0.2, -0.15) is 0 Å². The minimum Gasteiger partial charge on any atom is -0.480 e. The number of amides is 2. The standard InChI is InChI=1S/C14H23N3O3/c1-9-4-7-17(12(9)13(18)19)14(20)15-10-5-6-16(8-10)11-2-3-11/h9-12H,2-8H2,1H3,(H,15,20)(H,18,19). The van der Waals surface area contributed by atoms with Crippen molar-refractivity contribution in [1.82, 2.24) is 15.1 Å². The van der Waals surface area contributed by atoms with Gasteiger partial charge in [0.15, 0.2) is 0 Å². The molecule has 112 valence electrons. The van der Waals surface area contributed by atoms with E-state index in [1.165, 1.54) is 17.7 Å². The molecule has 2 amide bonds. The lowest BCUT2D eigenvalue weighted by molar-refractivity contribution is -0.142. The Labute approximate surface area is 119 Å². The van der Waals surface area contributed by atoms with Crippen LogP contribution in [0.25, 0.3) is 0 Å². The van der Waals surface area contributed by atoms with Crippen LogP contribution in [0.15, 0.2) is 0 Å². The summed E-state index contributed by atoms with van der Waals surface area (Å²) in [6, 6.07) is 0.0317. The van der Waals surface area contributed by atoms with E-state index in [4.69, 9.17) is 0 Å². The molecule has 6 heteroatoms. The van der Waals surface area contributed by atoms with Crippen molar-refractivity contribution in [2.24, 2.45) is 5.92 Å². The highest BCUT2D eigenvalue weighted by molar-refractivity contribution is 5.83. The van der Waals surface area contributed by atoms with Gasteiger partial charge in [-0.3, -0.25) is 4.90 Å². The highest BCUT2D eigenvalue weighted by Gasteiger charge is 2.41. The summed E-state index contributed by atoms with van der Waals surface area (Å²) >= 11 is 0. The molecule has 3 unspecified atom stereocenters. The van der Waals surface area contributed by atoms with Gasteiger partial charge in [0.1, 0.15) is 6.04 Å². The minimum atomic E-state index is -0.892. The zero-order valence-corrected chi connectivity index (χ0v) is 11.9. The van der Waals surface area contributed by atoms with Gasteiger partial charge < -0.3 is 15.3 Å². The maximum atomic E-state index is 12.3. The highest BCUT2D eigenvalue weighted by Crippen LogP contribution is 2.30. The number of nitrogens with zero attached hydrogens (tertiary/aromatic N) is 2. The normalized spacial score (nSPS) is 34.5. The lowest BCUT2D eigenvalue weighted by Crippen LogP contribution is -2.50. The van der Waals surface area contributed by atoms with Crippen LogP contribution in [-0.2, 0) is 4.79 Å². The van der Waals surface area contributed by atoms with Gasteiger partial charge in [0.05, 0.1) is 0 Å². The molecule has 2 heterocycles. The van der Waals surface area contributed by atoms with Gasteiger partial charge in [0.25, 0.3) is 0 Å². The molecule has 2 saturated heterocycles. The van der Waals surface area contributed by atoms with Gasteiger partial charge in [-0.25, -0.2) is 9.59 Å². The summed E-state index contributed by atoms with van der Waals surface area (Å²) < 4.78 is 0. The summed E-state index contributed by atoms with van der Waals surface area (Å²) in [6.07, 6.45) is 4.31. The molecule has 3 atom stereocenters. The fourth-order valence-corrected chi connectivity index (χ4v) is 3.49. The highest BCUT2D eigenvalue weighted by atomic mass is 16.4. The van der Waals surface area contributed by atoms with Crippen LogP contribution in [0.5, 0.6) is 0 Å². The fourth-order valence-electron chi connectivity index (χ4n) is 3.49. The molecule has 0 radical (unpaired) electrons. The summed E-state index contributed by atoms with van der Waals surface area (Å²) in [5.41, 5.74) is 0. The first kappa shape index (κ1) is 13.7. The first-order chi connectivity index (χ1) is 9.56. The summed E-state index contributed by atoms with van der Waals surface area (Å²) in [5.74, 6) is -0.860. The van der Waals surface area contributed by atoms with Crippen molar-refractivity contribution in [3.05, 3.63) is 0 Å². The molecule has 6 nitrogen and oxygen atoms in total. The Bertz CT molecular complexity index is 410. The number of hydrogen-bond donors (Lipinski definition) is 2. The lowest BCUT2D eigenvalue weighted by Gasteiger charge is -2.25. The van der Waals surface area contributed by atoms with E-state index in [2.05, 4.69) is 10.2 Å². The van der Waals surface area contributed by atoms with E-state index in [0.717, 1.165) is 32.0 Å². The first-order valence-corrected chi connectivity index (χ1v) is 7.60. The Morgan fingerprint density at radius 1 is 1.15 bits per heavy atom. The Hall–Kier alpha value is -1.30. The van der Waals surface area contributed by atoms with Gasteiger partial charge in [-0.05, 0) is 31.6 Å². The second-order valence-electron chi connectivity index (χ2n) is 6.40. The maximum absolute atomic E-state index is 12.3. The average molecular weight is 281 g/mol. The summed E-state index contributed by atoms with van der Waals surface area (Å²) in [7, 11) is 0. The van der Waals surface area contributed by atoms with Crippen LogP contribution in [0.1, 0.15) is 32.6 Å². The van der Waals surface area contributed by atoms with Crippen molar-refractivity contribution in [1.29, 1.82) is 0 Å². The number of urea groups is 1. The van der Waals surface area contributed by atoms with Crippen LogP contribution >= 0.6 is 0 Å². The van der Waals surface area contributed by atoms with Crippen molar-refractivity contribution >= 4 is 12.0 Å². The van der Waals surface area contributed by atoms with Crippen molar-refractivity contribution < 1.29 is 14.7 Å². The van der Waals surface area contributed by atoms with Crippen molar-refractivity contribution in [3.8, 4) is 0 Å². The van der Waals surface area contributed by atoms with E-state index in [1.807, 2.05) is 6.92 Å². The predicted octanol–water partition coefficient (Wildman–Crippen LogP) is 0.728. The van der Waals surface area contributed by atoms with Crippen molar-refractivity contribution in [2.45, 2.75) is 50.7 Å². The molecule has 1 aliphatic carbocycles. The molecule has 0 spiro atoms. The van der Waals surface area contributed by atoms with Crippen LogP contribution in [0.4, 0.5) is 4.79 Å². The topological polar surface area (TPSA) is 72.9 Å². The second-order valence-corrected chi connectivity index (χ2v) is 6.40. The molecular formula is C14H23N3O3. The van der Waals surface area contributed by atoms with Crippen molar-refractivity contribution in [3.63, 3.8) is 0 Å². The van der Waals surface area contributed by atoms with Gasteiger partial charge in [0, 0.05) is 31.7 Å². The molecule has 3 aliphatic rings. The zero-order chi connectivity index (χ0) is 14.3. The lowest BCUT2D eigenvalue weighted by atomic mass is 10.0. The number of carbonyl (C=O) groups is 2. The van der Waals surface area contributed by atoms with Crippen LogP contribution in [0, 0.1) is 5.92 Å². The Balaban J connectivity index is 1.55. The number of hydrogen-bond acceptors (Lipinski definition) is 3. The molecule has 3 fully saturated rings. The number of likely N-dealkylation sites (tertiary alicyclic amines) is 2. The molecule has 1 saturated carbocycles. The van der Waals surface area contributed by atoms with Gasteiger partial charge in [0.2, 0.25) is 0 Å². The van der Waals surface area contributed by atoms with E-state index < -0.39 is 12.0 Å². The number of carboxylic acids is 1. The first-order valence-electron chi connectivity index (χ1n) is 7.60. The van der Waals surface area contributed by atoms with Gasteiger partial charge >= 0.3 is 12.0 Å². The van der Waals surface area contributed by atoms with E-state index in [1.54, 1.807) is 0 Å². The SMILES string of the molecule is CC1CCN(C(=O)NC2CCN(C3CC3)C2)C1C(=O)O. The Kier molecular flexibility index (Phi) is 3.58. The Morgan fingerprint density at radius 3 is 2.55 bits per heavy atom. The van der Waals surface area contributed by atoms with E-state index in [9.17, 15) is 14.7 Å². The monoisotopic (exact) mass is 281 g/mol. The summed E-state index contributed by atoms with van der Waals surface area (Å²) in [4.78, 5) is 27.5. The van der Waals surface area contributed by atoms with E-state index >= 15 is 0 Å². The average Bonchev–Trinajstić information content (AvgIpc) is 3.01. The van der Waals surface area contributed by atoms with E-state index in [0.29, 0.717) is 6.54 Å². The van der Waals surface area contributed by atoms with Crippen LogP contribution in [0.3, 0.4) is 0 Å². The molecule has 0 bridgehead atoms. The van der Waals surface area contributed by atoms with Gasteiger partial charge in [-0.1, -0.05) is 6.92 Å². The third kappa shape index (κ3) is 2.61. The molecule has 0 aromatic rings. The number of carbonyl (C=O) groups excluding carboxylic acids is 1. The predicted molar refractivity (Wildman–Crippen MR) is 73.4 cm³/mol. The molecule has 0 aromatic heterocycles. The van der Waals surface area contributed by atoms with E-state index in [-0.39, 0.29) is 18.0 Å². The van der Waals surface area contributed by atoms with Crippen LogP contribution < -0.4 is 5.32 Å². The van der Waals surface area contributed by atoms with Crippen LogP contribution in [-0.4, -0.2) is 64.7 Å². The largest absolute Gasteiger partial charge is 0.480 e. The smallest absolute Gasteiger partial charge is 0.326 e. The minimum absolute atomic E-state index is 0.0322. The third-order valence-electron chi connectivity index (χ3n) is 4.82. The molecular weight excluding hydrogens is 258 g/mol. The molecule has 20 heavy (non-hydrogen) atoms. The van der Waals surface area contributed by atoms with Gasteiger partial charge in [-0.15, -0.1) is 0 Å². The number of nitrogens with one attached hydrogen (secondary N) is 1. The molecule has 0 aromatic carbocycles. The Morgan fingerprint density at radius 2 is 1.90 bits per heavy atom. The quantitative estimate of drug-likeness (QED) is 0.800.